The van der Waals surface area contributed by atoms with Crippen LogP contribution < -0.4 is 14.8 Å². The van der Waals surface area contributed by atoms with Crippen molar-refractivity contribution in [2.24, 2.45) is 5.92 Å². The van der Waals surface area contributed by atoms with Gasteiger partial charge in [-0.25, -0.2) is 5.10 Å². The van der Waals surface area contributed by atoms with E-state index in [1.807, 2.05) is 49.4 Å². The third kappa shape index (κ3) is 4.73. The van der Waals surface area contributed by atoms with Crippen LogP contribution in [0.2, 0.25) is 0 Å². The molecule has 1 aliphatic rings. The summed E-state index contributed by atoms with van der Waals surface area (Å²) in [5, 5.41) is 17.5. The fourth-order valence-electron chi connectivity index (χ4n) is 4.44. The molecule has 1 saturated carbocycles. The molecule has 0 bridgehead atoms. The number of amides is 1. The van der Waals surface area contributed by atoms with Crippen LogP contribution >= 0.6 is 0 Å². The molecule has 8 heteroatoms. The first-order valence-electron chi connectivity index (χ1n) is 11.6. The van der Waals surface area contributed by atoms with E-state index in [4.69, 9.17) is 9.47 Å². The van der Waals surface area contributed by atoms with Gasteiger partial charge in [-0.1, -0.05) is 42.0 Å². The molecule has 0 spiro atoms. The lowest BCUT2D eigenvalue weighted by Gasteiger charge is -2.14. The van der Waals surface area contributed by atoms with Crippen molar-refractivity contribution < 1.29 is 14.3 Å². The van der Waals surface area contributed by atoms with Crippen LogP contribution in [0.25, 0.3) is 22.5 Å². The van der Waals surface area contributed by atoms with E-state index in [2.05, 4.69) is 51.1 Å². The zero-order valence-electron chi connectivity index (χ0n) is 19.9. The van der Waals surface area contributed by atoms with Gasteiger partial charge in [0.2, 0.25) is 5.91 Å². The van der Waals surface area contributed by atoms with Crippen molar-refractivity contribution in [3.05, 3.63) is 71.8 Å². The Morgan fingerprint density at radius 3 is 2.71 bits per heavy atom. The molecule has 1 fully saturated rings. The van der Waals surface area contributed by atoms with Crippen LogP contribution in [0.5, 0.6) is 11.5 Å². The van der Waals surface area contributed by atoms with E-state index in [1.54, 1.807) is 7.11 Å². The lowest BCUT2D eigenvalue weighted by Crippen LogP contribution is -2.14. The van der Waals surface area contributed by atoms with E-state index in [9.17, 15) is 4.79 Å². The summed E-state index contributed by atoms with van der Waals surface area (Å²) in [5.74, 6) is 2.09. The van der Waals surface area contributed by atoms with Crippen LogP contribution in [-0.4, -0.2) is 40.2 Å². The molecule has 5 rings (SSSR count). The largest absolute Gasteiger partial charge is 0.493 e. The smallest absolute Gasteiger partial charge is 0.228 e. The third-order valence-corrected chi connectivity index (χ3v) is 6.26. The maximum Gasteiger partial charge on any atom is 0.228 e. The Kier molecular flexibility index (Phi) is 6.18. The number of carbonyl (C=O) groups excluding carboxylic acids is 1. The highest BCUT2D eigenvalue weighted by Gasteiger charge is 2.44. The Labute approximate surface area is 203 Å². The van der Waals surface area contributed by atoms with Gasteiger partial charge in [-0.15, -0.1) is 5.10 Å². The predicted octanol–water partition coefficient (Wildman–Crippen LogP) is 4.99. The Hall–Kier alpha value is -4.20. The van der Waals surface area contributed by atoms with E-state index < -0.39 is 0 Å². The maximum atomic E-state index is 13.0. The number of benzene rings is 3. The highest BCUT2D eigenvalue weighted by atomic mass is 16.5. The minimum absolute atomic E-state index is 0.0219. The molecular weight excluding hydrogens is 442 g/mol. The van der Waals surface area contributed by atoms with Crippen LogP contribution in [-0.2, 0) is 4.79 Å². The molecule has 178 valence electrons. The van der Waals surface area contributed by atoms with Gasteiger partial charge in [-0.3, -0.25) is 4.79 Å². The number of hydrogen-bond donors (Lipinski definition) is 2. The molecule has 3 aromatic carbocycles. The minimum atomic E-state index is -0.0257. The monoisotopic (exact) mass is 469 g/mol. The second-order valence-electron chi connectivity index (χ2n) is 8.66. The van der Waals surface area contributed by atoms with Gasteiger partial charge in [-0.2, -0.15) is 0 Å². The number of hydrogen-bond acceptors (Lipinski definition) is 6. The molecule has 4 aromatic rings. The molecule has 2 N–H and O–H groups in total. The van der Waals surface area contributed by atoms with Crippen LogP contribution in [0.15, 0.2) is 60.7 Å². The van der Waals surface area contributed by atoms with E-state index >= 15 is 0 Å². The molecule has 2 atom stereocenters. The van der Waals surface area contributed by atoms with Gasteiger partial charge in [0.1, 0.15) is 0 Å². The number of aromatic nitrogens is 4. The van der Waals surface area contributed by atoms with Gasteiger partial charge in [0.15, 0.2) is 17.3 Å². The Balaban J connectivity index is 1.41. The number of nitrogens with zero attached hydrogens (tertiary/aromatic N) is 3. The van der Waals surface area contributed by atoms with Crippen LogP contribution in [0.1, 0.15) is 30.4 Å². The number of carbonyl (C=O) groups is 1. The number of anilines is 1. The molecule has 1 heterocycles. The molecule has 1 aliphatic carbocycles. The van der Waals surface area contributed by atoms with Crippen molar-refractivity contribution >= 4 is 11.6 Å². The number of nitrogens with one attached hydrogen (secondary N) is 2. The molecule has 0 aliphatic heterocycles. The van der Waals surface area contributed by atoms with Gasteiger partial charge in [0.05, 0.1) is 13.7 Å². The third-order valence-electron chi connectivity index (χ3n) is 6.26. The van der Waals surface area contributed by atoms with Gasteiger partial charge in [0.25, 0.3) is 0 Å². The predicted molar refractivity (Wildman–Crippen MR) is 133 cm³/mol. The summed E-state index contributed by atoms with van der Waals surface area (Å²) in [7, 11) is 1.61. The fourth-order valence-corrected chi connectivity index (χ4v) is 4.44. The zero-order valence-corrected chi connectivity index (χ0v) is 19.9. The van der Waals surface area contributed by atoms with Crippen molar-refractivity contribution in [3.63, 3.8) is 0 Å². The van der Waals surface area contributed by atoms with Crippen LogP contribution in [0.3, 0.4) is 0 Å². The highest BCUT2D eigenvalue weighted by molar-refractivity contribution is 5.96. The second kappa shape index (κ2) is 9.58. The van der Waals surface area contributed by atoms with Crippen LogP contribution in [0.4, 0.5) is 5.69 Å². The number of rotatable bonds is 8. The van der Waals surface area contributed by atoms with Crippen molar-refractivity contribution in [3.8, 4) is 34.0 Å². The second-order valence-corrected chi connectivity index (χ2v) is 8.66. The van der Waals surface area contributed by atoms with Gasteiger partial charge in [0, 0.05) is 17.2 Å². The number of H-pyrrole nitrogens is 1. The first kappa shape index (κ1) is 22.6. The Bertz CT molecular complexity index is 1350. The fraction of sp³-hybridized carbons (Fsp3) is 0.259. The molecule has 35 heavy (non-hydrogen) atoms. The minimum Gasteiger partial charge on any atom is -0.493 e. The van der Waals surface area contributed by atoms with Crippen molar-refractivity contribution in [1.29, 1.82) is 0 Å². The highest BCUT2D eigenvalue weighted by Crippen LogP contribution is 2.48. The summed E-state index contributed by atoms with van der Waals surface area (Å²) in [6.07, 6.45) is 0.859. The first-order chi connectivity index (χ1) is 17.1. The average Bonchev–Trinajstić information content (AvgIpc) is 3.49. The summed E-state index contributed by atoms with van der Waals surface area (Å²) in [6, 6.07) is 19.9. The number of aryl methyl sites for hydroxylation is 1. The molecule has 0 saturated heterocycles. The molecule has 0 radical (unpaired) electrons. The Morgan fingerprint density at radius 1 is 1.09 bits per heavy atom. The SMILES string of the molecule is CCOc1ccc(-c2ccc(NC(=O)[C@@H]3C[C@H]3c3cccc(C)c3)cc2-c2nnn[nH]2)cc1OC. The molecule has 1 aromatic heterocycles. The Morgan fingerprint density at radius 2 is 1.97 bits per heavy atom. The lowest BCUT2D eigenvalue weighted by molar-refractivity contribution is -0.117. The van der Waals surface area contributed by atoms with Crippen molar-refractivity contribution in [2.75, 3.05) is 19.0 Å². The van der Waals surface area contributed by atoms with Crippen molar-refractivity contribution in [2.45, 2.75) is 26.2 Å². The van der Waals surface area contributed by atoms with Crippen molar-refractivity contribution in [1.82, 2.24) is 20.6 Å². The first-order valence-corrected chi connectivity index (χ1v) is 11.6. The standard InChI is InChI=1S/C27H27N5O3/c1-4-35-24-11-8-18(13-25(24)34-3)20-10-9-19(14-22(20)26-29-31-32-30-26)28-27(33)23-15-21(23)17-7-5-6-16(2)12-17/h5-14,21,23H,4,15H2,1-3H3,(H,28,33)(H,29,30,31,32)/t21-,23+/m0/s1. The van der Waals surface area contributed by atoms with Gasteiger partial charge in [-0.05, 0) is 77.6 Å². The maximum absolute atomic E-state index is 13.0. The molecule has 0 unspecified atom stereocenters. The lowest BCUT2D eigenvalue weighted by atomic mass is 9.98. The number of methoxy groups -OCH3 is 1. The van der Waals surface area contributed by atoms with E-state index in [1.165, 1.54) is 11.1 Å². The quantitative estimate of drug-likeness (QED) is 0.377. The topological polar surface area (TPSA) is 102 Å². The summed E-state index contributed by atoms with van der Waals surface area (Å²) in [4.78, 5) is 13.0. The van der Waals surface area contributed by atoms with E-state index in [0.717, 1.165) is 23.1 Å². The summed E-state index contributed by atoms with van der Waals surface area (Å²) < 4.78 is 11.2. The summed E-state index contributed by atoms with van der Waals surface area (Å²) in [5.41, 5.74) is 5.70. The van der Waals surface area contributed by atoms with E-state index in [-0.39, 0.29) is 17.7 Å². The summed E-state index contributed by atoms with van der Waals surface area (Å²) >= 11 is 0. The van der Waals surface area contributed by atoms with Gasteiger partial charge < -0.3 is 14.8 Å². The molecule has 8 nitrogen and oxygen atoms in total. The van der Waals surface area contributed by atoms with Gasteiger partial charge >= 0.3 is 0 Å². The van der Waals surface area contributed by atoms with Crippen LogP contribution in [0, 0.1) is 12.8 Å². The number of aromatic amines is 1. The normalized spacial score (nSPS) is 16.5. The molecule has 1 amide bonds. The zero-order chi connectivity index (χ0) is 24.4. The van der Waals surface area contributed by atoms with E-state index in [0.29, 0.717) is 29.6 Å². The number of tetrazole rings is 1. The average molecular weight is 470 g/mol. The molecular formula is C27H27N5O3. The number of ether oxygens (including phenoxy) is 2. The summed E-state index contributed by atoms with van der Waals surface area (Å²) in [6.45, 7) is 4.55.